The van der Waals surface area contributed by atoms with Crippen molar-refractivity contribution in [3.05, 3.63) is 0 Å². The van der Waals surface area contributed by atoms with E-state index in [2.05, 4.69) is 4.99 Å². The quantitative estimate of drug-likeness (QED) is 0.783. The van der Waals surface area contributed by atoms with Crippen LogP contribution >= 0.6 is 11.8 Å². The number of sulfone groups is 1. The first-order valence-electron chi connectivity index (χ1n) is 6.72. The number of carbonyl (C=O) groups excluding carboxylic acids is 1. The van der Waals surface area contributed by atoms with Crippen molar-refractivity contribution in [1.29, 1.82) is 0 Å². The van der Waals surface area contributed by atoms with Crippen LogP contribution in [0.2, 0.25) is 0 Å². The van der Waals surface area contributed by atoms with Gasteiger partial charge in [0.2, 0.25) is 5.91 Å². The first kappa shape index (κ1) is 14.8. The number of amides is 1. The number of fused-ring (bicyclic) bond motifs is 1. The molecule has 0 aromatic heterocycles. The van der Waals surface area contributed by atoms with Gasteiger partial charge in [-0.25, -0.2) is 8.42 Å². The molecule has 108 valence electrons. The maximum absolute atomic E-state index is 11.7. The normalized spacial score (nSPS) is 30.8. The van der Waals surface area contributed by atoms with E-state index in [1.807, 2.05) is 18.7 Å². The zero-order valence-electron chi connectivity index (χ0n) is 11.3. The molecule has 19 heavy (non-hydrogen) atoms. The fraction of sp³-hybridized carbons (Fsp3) is 0.833. The summed E-state index contributed by atoms with van der Waals surface area (Å²) < 4.78 is 23.3. The molecule has 2 aliphatic heterocycles. The molecule has 0 aromatic rings. The molecular weight excluding hydrogens is 284 g/mol. The number of hydrogen-bond acceptors (Lipinski definition) is 4. The molecule has 0 saturated carbocycles. The second-order valence-electron chi connectivity index (χ2n) is 4.98. The van der Waals surface area contributed by atoms with Crippen molar-refractivity contribution in [2.75, 3.05) is 18.1 Å². The fourth-order valence-electron chi connectivity index (χ4n) is 2.50. The van der Waals surface area contributed by atoms with Crippen molar-refractivity contribution in [1.82, 2.24) is 4.90 Å². The van der Waals surface area contributed by atoms with E-state index >= 15 is 0 Å². The van der Waals surface area contributed by atoms with Crippen LogP contribution in [0.25, 0.3) is 0 Å². The molecule has 2 saturated heterocycles. The van der Waals surface area contributed by atoms with Gasteiger partial charge in [0.25, 0.3) is 0 Å². The first-order valence-corrected chi connectivity index (χ1v) is 9.42. The number of thioether (sulfide) groups is 1. The van der Waals surface area contributed by atoms with Crippen LogP contribution in [0.15, 0.2) is 4.99 Å². The second-order valence-corrected chi connectivity index (χ2v) is 8.34. The van der Waals surface area contributed by atoms with Gasteiger partial charge in [-0.3, -0.25) is 4.79 Å². The Morgan fingerprint density at radius 1 is 1.42 bits per heavy atom. The minimum absolute atomic E-state index is 0.00211. The standard InChI is InChI=1S/C12H20N2O3S2/c1-3-5-6-11(15)13-12-14(4-2)9-7-19(16,17)8-10(9)18-12/h9-10H,3-8H2,1-2H3/t9-,10-/m0/s1. The summed E-state index contributed by atoms with van der Waals surface area (Å²) in [5.41, 5.74) is 0. The third-order valence-corrected chi connectivity index (χ3v) is 6.73. The topological polar surface area (TPSA) is 66.8 Å². The van der Waals surface area contributed by atoms with Crippen molar-refractivity contribution in [2.24, 2.45) is 4.99 Å². The minimum atomic E-state index is -2.92. The van der Waals surface area contributed by atoms with Gasteiger partial charge in [-0.15, -0.1) is 0 Å². The summed E-state index contributed by atoms with van der Waals surface area (Å²) in [6.07, 6.45) is 2.31. The summed E-state index contributed by atoms with van der Waals surface area (Å²) in [5.74, 6) is 0.312. The Bertz CT molecular complexity index is 487. The molecule has 0 N–H and O–H groups in total. The number of carbonyl (C=O) groups is 1. The van der Waals surface area contributed by atoms with E-state index in [1.54, 1.807) is 0 Å². The fourth-order valence-corrected chi connectivity index (χ4v) is 6.53. The first-order chi connectivity index (χ1) is 8.96. The summed E-state index contributed by atoms with van der Waals surface area (Å²) >= 11 is 1.45. The molecule has 2 atom stereocenters. The Morgan fingerprint density at radius 3 is 2.79 bits per heavy atom. The average Bonchev–Trinajstić information content (AvgIpc) is 2.77. The molecule has 2 heterocycles. The van der Waals surface area contributed by atoms with E-state index in [1.165, 1.54) is 11.8 Å². The van der Waals surface area contributed by atoms with Crippen LogP contribution in [0.1, 0.15) is 33.1 Å². The Kier molecular flexibility index (Phi) is 4.55. The predicted molar refractivity (Wildman–Crippen MR) is 78.2 cm³/mol. The zero-order valence-corrected chi connectivity index (χ0v) is 13.0. The van der Waals surface area contributed by atoms with Gasteiger partial charge in [-0.05, 0) is 13.3 Å². The summed E-state index contributed by atoms with van der Waals surface area (Å²) in [4.78, 5) is 17.9. The number of nitrogens with zero attached hydrogens (tertiary/aromatic N) is 2. The molecule has 5 nitrogen and oxygen atoms in total. The Morgan fingerprint density at radius 2 is 2.16 bits per heavy atom. The third-order valence-electron chi connectivity index (χ3n) is 3.48. The Balaban J connectivity index is 2.09. The molecule has 0 unspecified atom stereocenters. The largest absolute Gasteiger partial charge is 0.346 e. The van der Waals surface area contributed by atoms with E-state index in [-0.39, 0.29) is 28.7 Å². The van der Waals surface area contributed by atoms with Crippen molar-refractivity contribution < 1.29 is 13.2 Å². The molecular formula is C12H20N2O3S2. The molecule has 2 rings (SSSR count). The predicted octanol–water partition coefficient (Wildman–Crippen LogP) is 1.29. The monoisotopic (exact) mass is 304 g/mol. The van der Waals surface area contributed by atoms with E-state index in [9.17, 15) is 13.2 Å². The lowest BCUT2D eigenvalue weighted by molar-refractivity contribution is -0.117. The number of hydrogen-bond donors (Lipinski definition) is 0. The molecule has 0 aromatic carbocycles. The van der Waals surface area contributed by atoms with Crippen LogP contribution in [0, 0.1) is 0 Å². The average molecular weight is 304 g/mol. The summed E-state index contributed by atoms with van der Waals surface area (Å²) in [7, 11) is -2.92. The molecule has 2 aliphatic rings. The van der Waals surface area contributed by atoms with Crippen LogP contribution < -0.4 is 0 Å². The molecule has 7 heteroatoms. The van der Waals surface area contributed by atoms with Crippen LogP contribution in [0.5, 0.6) is 0 Å². The van der Waals surface area contributed by atoms with Gasteiger partial charge in [-0.1, -0.05) is 25.1 Å². The van der Waals surface area contributed by atoms with Gasteiger partial charge in [0.1, 0.15) is 0 Å². The van der Waals surface area contributed by atoms with Gasteiger partial charge < -0.3 is 4.90 Å². The summed E-state index contributed by atoms with van der Waals surface area (Å²) in [5, 5.41) is 0.760. The van der Waals surface area contributed by atoms with Gasteiger partial charge in [0.15, 0.2) is 15.0 Å². The molecule has 2 fully saturated rings. The Hall–Kier alpha value is -0.560. The van der Waals surface area contributed by atoms with Gasteiger partial charge >= 0.3 is 0 Å². The van der Waals surface area contributed by atoms with E-state index in [4.69, 9.17) is 0 Å². The lowest BCUT2D eigenvalue weighted by Gasteiger charge is -2.22. The number of rotatable bonds is 4. The maximum atomic E-state index is 11.7. The highest BCUT2D eigenvalue weighted by Gasteiger charge is 2.48. The molecule has 0 aliphatic carbocycles. The lowest BCUT2D eigenvalue weighted by atomic mass is 10.2. The van der Waals surface area contributed by atoms with Crippen molar-refractivity contribution >= 4 is 32.7 Å². The smallest absolute Gasteiger partial charge is 0.248 e. The zero-order chi connectivity index (χ0) is 14.0. The summed E-state index contributed by atoms with van der Waals surface area (Å²) in [6, 6.07) is -0.00211. The number of amidine groups is 1. The lowest BCUT2D eigenvalue weighted by Crippen LogP contribution is -2.37. The molecule has 0 bridgehead atoms. The SMILES string of the molecule is CCCCC(=O)N=C1S[C@H]2CS(=O)(=O)C[C@@H]2N1CC. The molecule has 0 spiro atoms. The van der Waals surface area contributed by atoms with E-state index in [0.29, 0.717) is 18.1 Å². The van der Waals surface area contributed by atoms with Crippen LogP contribution in [0.3, 0.4) is 0 Å². The van der Waals surface area contributed by atoms with Crippen LogP contribution in [0.4, 0.5) is 0 Å². The van der Waals surface area contributed by atoms with Gasteiger partial charge in [-0.2, -0.15) is 4.99 Å². The molecule has 0 radical (unpaired) electrons. The highest BCUT2D eigenvalue weighted by molar-refractivity contribution is 8.15. The van der Waals surface area contributed by atoms with Crippen LogP contribution in [-0.2, 0) is 14.6 Å². The van der Waals surface area contributed by atoms with Gasteiger partial charge in [0, 0.05) is 18.2 Å². The van der Waals surface area contributed by atoms with Crippen molar-refractivity contribution in [2.45, 2.75) is 44.4 Å². The Labute approximate surface area is 118 Å². The highest BCUT2D eigenvalue weighted by atomic mass is 32.2. The second kappa shape index (κ2) is 5.83. The molecule has 1 amide bonds. The van der Waals surface area contributed by atoms with E-state index in [0.717, 1.165) is 12.8 Å². The maximum Gasteiger partial charge on any atom is 0.248 e. The summed E-state index contributed by atoms with van der Waals surface area (Å²) in [6.45, 7) is 4.71. The van der Waals surface area contributed by atoms with E-state index < -0.39 is 9.84 Å². The number of aliphatic imine (C=N–C) groups is 1. The van der Waals surface area contributed by atoms with Crippen molar-refractivity contribution in [3.63, 3.8) is 0 Å². The van der Waals surface area contributed by atoms with Crippen LogP contribution in [-0.4, -0.2) is 53.7 Å². The van der Waals surface area contributed by atoms with Gasteiger partial charge in [0.05, 0.1) is 17.5 Å². The third kappa shape index (κ3) is 3.31. The highest BCUT2D eigenvalue weighted by Crippen LogP contribution is 2.37. The minimum Gasteiger partial charge on any atom is -0.346 e. The number of unbranched alkanes of at least 4 members (excludes halogenated alkanes) is 1. The van der Waals surface area contributed by atoms with Crippen molar-refractivity contribution in [3.8, 4) is 0 Å².